The van der Waals surface area contributed by atoms with E-state index in [2.05, 4.69) is 22.1 Å². The quantitative estimate of drug-likeness (QED) is 0.272. The zero-order valence-electron chi connectivity index (χ0n) is 14.6. The average molecular weight is 449 g/mol. The zero-order chi connectivity index (χ0) is 16.5. The second-order valence-electron chi connectivity index (χ2n) is 6.06. The molecule has 0 atom stereocenters. The van der Waals surface area contributed by atoms with Gasteiger partial charge in [-0.05, 0) is 49.8 Å². The lowest BCUT2D eigenvalue weighted by Crippen LogP contribution is -2.40. The molecule has 0 amide bonds. The van der Waals surface area contributed by atoms with E-state index in [0.717, 1.165) is 50.2 Å². The first-order chi connectivity index (χ1) is 11.2. The lowest BCUT2D eigenvalue weighted by atomic mass is 10.1. The fourth-order valence-electron chi connectivity index (χ4n) is 2.29. The van der Waals surface area contributed by atoms with Crippen LogP contribution in [0.1, 0.15) is 25.3 Å². The molecule has 6 heteroatoms. The average Bonchev–Trinajstić information content (AvgIpc) is 3.35. The van der Waals surface area contributed by atoms with E-state index >= 15 is 0 Å². The summed E-state index contributed by atoms with van der Waals surface area (Å²) in [7, 11) is 2.02. The molecule has 0 bridgehead atoms. The van der Waals surface area contributed by atoms with Crippen molar-refractivity contribution in [2.75, 3.05) is 39.9 Å². The van der Waals surface area contributed by atoms with Gasteiger partial charge in [0.1, 0.15) is 5.82 Å². The normalized spacial score (nSPS) is 14.2. The molecule has 0 heterocycles. The van der Waals surface area contributed by atoms with Crippen molar-refractivity contribution in [1.29, 1.82) is 0 Å². The Labute approximate surface area is 161 Å². The predicted molar refractivity (Wildman–Crippen MR) is 108 cm³/mol. The van der Waals surface area contributed by atoms with E-state index in [1.807, 2.05) is 13.1 Å². The molecule has 0 aromatic heterocycles. The van der Waals surface area contributed by atoms with E-state index < -0.39 is 0 Å². The van der Waals surface area contributed by atoms with Gasteiger partial charge in [0.25, 0.3) is 0 Å². The maximum absolute atomic E-state index is 13.2. The molecule has 136 valence electrons. The Morgan fingerprint density at radius 2 is 2.21 bits per heavy atom. The smallest absolute Gasteiger partial charge is 0.193 e. The molecular formula is C18H29FIN3O. The monoisotopic (exact) mass is 449 g/mol. The number of hydrogen-bond donors (Lipinski definition) is 1. The summed E-state index contributed by atoms with van der Waals surface area (Å²) >= 11 is 0. The summed E-state index contributed by atoms with van der Waals surface area (Å²) in [6, 6.07) is 6.70. The van der Waals surface area contributed by atoms with Crippen LogP contribution in [0, 0.1) is 11.7 Å². The largest absolute Gasteiger partial charge is 0.379 e. The molecule has 0 spiro atoms. The molecule has 0 saturated heterocycles. The molecule has 0 unspecified atom stereocenters. The van der Waals surface area contributed by atoms with Gasteiger partial charge in [0.15, 0.2) is 5.96 Å². The van der Waals surface area contributed by atoms with Gasteiger partial charge in [-0.2, -0.15) is 0 Å². The molecule has 1 aliphatic carbocycles. The van der Waals surface area contributed by atoms with Crippen molar-refractivity contribution in [3.63, 3.8) is 0 Å². The van der Waals surface area contributed by atoms with Crippen LogP contribution >= 0.6 is 24.0 Å². The Morgan fingerprint density at radius 3 is 2.88 bits per heavy atom. The number of nitrogens with one attached hydrogen (secondary N) is 1. The fourth-order valence-corrected chi connectivity index (χ4v) is 2.29. The van der Waals surface area contributed by atoms with E-state index in [-0.39, 0.29) is 29.8 Å². The van der Waals surface area contributed by atoms with Gasteiger partial charge in [-0.3, -0.25) is 4.99 Å². The van der Waals surface area contributed by atoms with Crippen LogP contribution in [0.5, 0.6) is 0 Å². The van der Waals surface area contributed by atoms with Crippen molar-refractivity contribution < 1.29 is 9.13 Å². The number of ether oxygens (including phenoxy) is 1. The highest BCUT2D eigenvalue weighted by Crippen LogP contribution is 2.28. The molecule has 1 N–H and O–H groups in total. The van der Waals surface area contributed by atoms with E-state index in [9.17, 15) is 4.39 Å². The Kier molecular flexibility index (Phi) is 10.2. The van der Waals surface area contributed by atoms with Crippen LogP contribution in [-0.2, 0) is 11.2 Å². The Balaban J connectivity index is 0.00000288. The minimum absolute atomic E-state index is 0. The number of halogens is 2. The molecule has 2 rings (SSSR count). The number of rotatable bonds is 9. The SMILES string of the molecule is CCNC(=NCCc1cccc(F)c1)N(C)CCOCC1CC1.I. The summed E-state index contributed by atoms with van der Waals surface area (Å²) in [6.45, 7) is 5.95. The number of aliphatic imine (C=N–C) groups is 1. The van der Waals surface area contributed by atoms with Crippen LogP contribution in [-0.4, -0.2) is 50.8 Å². The summed E-state index contributed by atoms with van der Waals surface area (Å²) < 4.78 is 18.8. The topological polar surface area (TPSA) is 36.9 Å². The molecule has 4 nitrogen and oxygen atoms in total. The van der Waals surface area contributed by atoms with Crippen LogP contribution in [0.15, 0.2) is 29.3 Å². The van der Waals surface area contributed by atoms with Gasteiger partial charge in [0.05, 0.1) is 6.61 Å². The molecule has 1 aliphatic rings. The van der Waals surface area contributed by atoms with Crippen molar-refractivity contribution in [3.05, 3.63) is 35.6 Å². The van der Waals surface area contributed by atoms with Crippen molar-refractivity contribution >= 4 is 29.9 Å². The van der Waals surface area contributed by atoms with Crippen molar-refractivity contribution in [3.8, 4) is 0 Å². The predicted octanol–water partition coefficient (Wildman–Crippen LogP) is 3.31. The summed E-state index contributed by atoms with van der Waals surface area (Å²) in [5, 5.41) is 3.29. The van der Waals surface area contributed by atoms with Gasteiger partial charge in [0, 0.05) is 33.3 Å². The van der Waals surface area contributed by atoms with Crippen LogP contribution < -0.4 is 5.32 Å². The van der Waals surface area contributed by atoms with Gasteiger partial charge in [-0.15, -0.1) is 24.0 Å². The second kappa shape index (κ2) is 11.6. The Hall–Kier alpha value is -0.890. The van der Waals surface area contributed by atoms with Gasteiger partial charge in [0.2, 0.25) is 0 Å². The summed E-state index contributed by atoms with van der Waals surface area (Å²) in [6.07, 6.45) is 3.37. The van der Waals surface area contributed by atoms with E-state index in [1.54, 1.807) is 12.1 Å². The van der Waals surface area contributed by atoms with Crippen molar-refractivity contribution in [2.24, 2.45) is 10.9 Å². The van der Waals surface area contributed by atoms with E-state index in [4.69, 9.17) is 4.74 Å². The van der Waals surface area contributed by atoms with Gasteiger partial charge < -0.3 is 15.0 Å². The van der Waals surface area contributed by atoms with Crippen LogP contribution in [0.2, 0.25) is 0 Å². The summed E-state index contributed by atoms with van der Waals surface area (Å²) in [5.41, 5.74) is 0.972. The first-order valence-corrected chi connectivity index (χ1v) is 8.50. The first-order valence-electron chi connectivity index (χ1n) is 8.50. The van der Waals surface area contributed by atoms with Gasteiger partial charge >= 0.3 is 0 Å². The number of benzene rings is 1. The molecular weight excluding hydrogens is 420 g/mol. The maximum Gasteiger partial charge on any atom is 0.193 e. The number of likely N-dealkylation sites (N-methyl/N-ethyl adjacent to an activating group) is 1. The summed E-state index contributed by atoms with van der Waals surface area (Å²) in [4.78, 5) is 6.70. The third-order valence-corrected chi connectivity index (χ3v) is 3.87. The standard InChI is InChI=1S/C18H28FN3O.HI/c1-3-20-18(22(2)11-12-23-14-16-7-8-16)21-10-9-15-5-4-6-17(19)13-15;/h4-6,13,16H,3,7-12,14H2,1-2H3,(H,20,21);1H. The molecule has 1 aromatic rings. The fraction of sp³-hybridized carbons (Fsp3) is 0.611. The number of nitrogens with zero attached hydrogens (tertiary/aromatic N) is 2. The van der Waals surface area contributed by atoms with Crippen LogP contribution in [0.25, 0.3) is 0 Å². The highest BCUT2D eigenvalue weighted by Gasteiger charge is 2.21. The highest BCUT2D eigenvalue weighted by molar-refractivity contribution is 14.0. The summed E-state index contributed by atoms with van der Waals surface area (Å²) in [5.74, 6) is 1.48. The third kappa shape index (κ3) is 8.28. The lowest BCUT2D eigenvalue weighted by molar-refractivity contribution is 0.115. The zero-order valence-corrected chi connectivity index (χ0v) is 17.0. The maximum atomic E-state index is 13.2. The van der Waals surface area contributed by atoms with E-state index in [1.165, 1.54) is 18.9 Å². The van der Waals surface area contributed by atoms with Crippen LogP contribution in [0.4, 0.5) is 4.39 Å². The number of guanidine groups is 1. The van der Waals surface area contributed by atoms with Gasteiger partial charge in [-0.25, -0.2) is 4.39 Å². The van der Waals surface area contributed by atoms with Gasteiger partial charge in [-0.1, -0.05) is 12.1 Å². The third-order valence-electron chi connectivity index (χ3n) is 3.87. The molecule has 1 aromatic carbocycles. The molecule has 24 heavy (non-hydrogen) atoms. The van der Waals surface area contributed by atoms with E-state index in [0.29, 0.717) is 6.54 Å². The molecule has 0 radical (unpaired) electrons. The molecule has 1 saturated carbocycles. The number of hydrogen-bond acceptors (Lipinski definition) is 2. The minimum Gasteiger partial charge on any atom is -0.379 e. The highest BCUT2D eigenvalue weighted by atomic mass is 127. The second-order valence-corrected chi connectivity index (χ2v) is 6.06. The minimum atomic E-state index is -0.191. The van der Waals surface area contributed by atoms with Crippen LogP contribution in [0.3, 0.4) is 0 Å². The van der Waals surface area contributed by atoms with Crippen molar-refractivity contribution in [2.45, 2.75) is 26.2 Å². The Morgan fingerprint density at radius 1 is 1.42 bits per heavy atom. The Bertz CT molecular complexity index is 509. The van der Waals surface area contributed by atoms with Crippen molar-refractivity contribution in [1.82, 2.24) is 10.2 Å². The lowest BCUT2D eigenvalue weighted by Gasteiger charge is -2.22. The first kappa shape index (κ1) is 21.2. The molecule has 0 aliphatic heterocycles. The molecule has 1 fully saturated rings.